The molecule has 3 rings (SSSR count). The summed E-state index contributed by atoms with van der Waals surface area (Å²) in [6.45, 7) is 0.948. The van der Waals surface area contributed by atoms with Crippen molar-refractivity contribution in [2.45, 2.75) is 57.0 Å². The fourth-order valence-electron chi connectivity index (χ4n) is 3.88. The molecule has 1 aromatic carbocycles. The Morgan fingerprint density at radius 3 is 2.71 bits per heavy atom. The number of rotatable bonds is 4. The predicted molar refractivity (Wildman–Crippen MR) is 84.8 cm³/mol. The van der Waals surface area contributed by atoms with Crippen LogP contribution < -0.4 is 5.73 Å². The Morgan fingerprint density at radius 1 is 1.19 bits per heavy atom. The van der Waals surface area contributed by atoms with Crippen LogP contribution in [0.1, 0.15) is 44.1 Å². The van der Waals surface area contributed by atoms with Crippen LogP contribution in [-0.4, -0.2) is 29.4 Å². The van der Waals surface area contributed by atoms with Crippen molar-refractivity contribution < 1.29 is 4.79 Å². The second-order valence-corrected chi connectivity index (χ2v) is 6.62. The van der Waals surface area contributed by atoms with E-state index in [2.05, 4.69) is 35.2 Å². The molecule has 1 saturated heterocycles. The normalized spacial score (nSPS) is 29.0. The smallest absolute Gasteiger partial charge is 0.225 e. The summed E-state index contributed by atoms with van der Waals surface area (Å²) in [5, 5.41) is 0. The van der Waals surface area contributed by atoms with E-state index in [1.54, 1.807) is 0 Å². The number of likely N-dealkylation sites (tertiary alicyclic amines) is 1. The van der Waals surface area contributed by atoms with Crippen LogP contribution in [0.15, 0.2) is 30.3 Å². The lowest BCUT2D eigenvalue weighted by molar-refractivity contribution is -0.136. The molecule has 0 aromatic heterocycles. The Bertz CT molecular complexity index is 473. The SMILES string of the molecule is NC1CCC(C(=O)N2CCCC2CCc2ccccc2)C1. The summed E-state index contributed by atoms with van der Waals surface area (Å²) in [6, 6.07) is 11.3. The number of carbonyl (C=O) groups excluding carboxylic acids is 1. The summed E-state index contributed by atoms with van der Waals surface area (Å²) in [5.74, 6) is 0.566. The van der Waals surface area contributed by atoms with E-state index in [0.717, 1.165) is 51.5 Å². The quantitative estimate of drug-likeness (QED) is 0.925. The lowest BCUT2D eigenvalue weighted by Crippen LogP contribution is -2.39. The molecule has 2 aliphatic rings. The topological polar surface area (TPSA) is 46.3 Å². The number of amides is 1. The Hall–Kier alpha value is -1.35. The van der Waals surface area contributed by atoms with Gasteiger partial charge in [0.05, 0.1) is 0 Å². The van der Waals surface area contributed by atoms with E-state index in [1.807, 2.05) is 0 Å². The summed E-state index contributed by atoms with van der Waals surface area (Å²) in [4.78, 5) is 14.8. The molecule has 3 atom stereocenters. The first-order valence-electron chi connectivity index (χ1n) is 8.34. The van der Waals surface area contributed by atoms with Crippen molar-refractivity contribution in [2.24, 2.45) is 11.7 Å². The molecule has 3 heteroatoms. The van der Waals surface area contributed by atoms with Gasteiger partial charge in [-0.2, -0.15) is 0 Å². The average molecular weight is 286 g/mol. The maximum Gasteiger partial charge on any atom is 0.225 e. The zero-order valence-corrected chi connectivity index (χ0v) is 12.7. The molecule has 2 N–H and O–H groups in total. The number of nitrogens with two attached hydrogens (primary N) is 1. The van der Waals surface area contributed by atoms with Crippen molar-refractivity contribution in [1.82, 2.24) is 4.90 Å². The van der Waals surface area contributed by atoms with Crippen LogP contribution in [0.2, 0.25) is 0 Å². The third-order valence-electron chi connectivity index (χ3n) is 5.09. The first-order chi connectivity index (χ1) is 10.2. The van der Waals surface area contributed by atoms with E-state index in [4.69, 9.17) is 5.73 Å². The minimum absolute atomic E-state index is 0.192. The van der Waals surface area contributed by atoms with E-state index >= 15 is 0 Å². The summed E-state index contributed by atoms with van der Waals surface area (Å²) in [6.07, 6.45) is 7.37. The number of nitrogens with zero attached hydrogens (tertiary/aromatic N) is 1. The molecule has 2 fully saturated rings. The molecule has 1 aromatic rings. The third-order valence-corrected chi connectivity index (χ3v) is 5.09. The van der Waals surface area contributed by atoms with E-state index < -0.39 is 0 Å². The molecule has 1 aliphatic heterocycles. The summed E-state index contributed by atoms with van der Waals surface area (Å²) in [5.41, 5.74) is 7.33. The minimum atomic E-state index is 0.192. The molecule has 0 radical (unpaired) electrons. The van der Waals surface area contributed by atoms with Crippen molar-refractivity contribution in [2.75, 3.05) is 6.54 Å². The monoisotopic (exact) mass is 286 g/mol. The fraction of sp³-hybridized carbons (Fsp3) is 0.611. The van der Waals surface area contributed by atoms with Gasteiger partial charge in [0.15, 0.2) is 0 Å². The zero-order valence-electron chi connectivity index (χ0n) is 12.7. The number of hydrogen-bond acceptors (Lipinski definition) is 2. The number of benzene rings is 1. The maximum atomic E-state index is 12.7. The zero-order chi connectivity index (χ0) is 14.7. The van der Waals surface area contributed by atoms with Gasteiger partial charge >= 0.3 is 0 Å². The Kier molecular flexibility index (Phi) is 4.59. The molecule has 1 saturated carbocycles. The molecule has 3 unspecified atom stereocenters. The average Bonchev–Trinajstić information content (AvgIpc) is 3.14. The van der Waals surface area contributed by atoms with Crippen molar-refractivity contribution in [1.29, 1.82) is 0 Å². The standard InChI is InChI=1S/C18H26N2O/c19-16-10-9-15(13-16)18(21)20-12-4-7-17(20)11-8-14-5-2-1-3-6-14/h1-3,5-6,15-17H,4,7-13,19H2. The molecular weight excluding hydrogens is 260 g/mol. The highest BCUT2D eigenvalue weighted by atomic mass is 16.2. The highest BCUT2D eigenvalue weighted by molar-refractivity contribution is 5.79. The molecule has 0 spiro atoms. The van der Waals surface area contributed by atoms with E-state index in [1.165, 1.54) is 5.56 Å². The van der Waals surface area contributed by atoms with Gasteiger partial charge < -0.3 is 10.6 Å². The molecule has 3 nitrogen and oxygen atoms in total. The van der Waals surface area contributed by atoms with Crippen LogP contribution in [0.3, 0.4) is 0 Å². The lowest BCUT2D eigenvalue weighted by atomic mass is 10.0. The molecule has 1 amide bonds. The van der Waals surface area contributed by atoms with Crippen LogP contribution >= 0.6 is 0 Å². The predicted octanol–water partition coefficient (Wildman–Crippen LogP) is 2.74. The van der Waals surface area contributed by atoms with Gasteiger partial charge in [0.25, 0.3) is 0 Å². The van der Waals surface area contributed by atoms with Gasteiger partial charge in [0, 0.05) is 24.5 Å². The van der Waals surface area contributed by atoms with Gasteiger partial charge in [-0.25, -0.2) is 0 Å². The second-order valence-electron chi connectivity index (χ2n) is 6.62. The van der Waals surface area contributed by atoms with Crippen molar-refractivity contribution in [3.05, 3.63) is 35.9 Å². The molecule has 1 aliphatic carbocycles. The highest BCUT2D eigenvalue weighted by Crippen LogP contribution is 2.30. The Morgan fingerprint density at radius 2 is 2.00 bits per heavy atom. The van der Waals surface area contributed by atoms with Gasteiger partial charge in [0.2, 0.25) is 5.91 Å². The van der Waals surface area contributed by atoms with Gasteiger partial charge in [-0.1, -0.05) is 30.3 Å². The highest BCUT2D eigenvalue weighted by Gasteiger charge is 2.35. The molecule has 1 heterocycles. The first kappa shape index (κ1) is 14.6. The lowest BCUT2D eigenvalue weighted by Gasteiger charge is -2.27. The van der Waals surface area contributed by atoms with Gasteiger partial charge in [0.1, 0.15) is 0 Å². The van der Waals surface area contributed by atoms with Crippen LogP contribution in [0, 0.1) is 5.92 Å². The second kappa shape index (κ2) is 6.61. The van der Waals surface area contributed by atoms with Crippen LogP contribution in [-0.2, 0) is 11.2 Å². The van der Waals surface area contributed by atoms with E-state index in [-0.39, 0.29) is 12.0 Å². The number of aryl methyl sites for hydroxylation is 1. The van der Waals surface area contributed by atoms with Gasteiger partial charge in [-0.3, -0.25) is 4.79 Å². The summed E-state index contributed by atoms with van der Waals surface area (Å²) < 4.78 is 0. The Labute approximate surface area is 127 Å². The summed E-state index contributed by atoms with van der Waals surface area (Å²) in [7, 11) is 0. The van der Waals surface area contributed by atoms with Crippen molar-refractivity contribution in [3.8, 4) is 0 Å². The number of carbonyl (C=O) groups is 1. The molecule has 114 valence electrons. The van der Waals surface area contributed by atoms with Gasteiger partial charge in [-0.15, -0.1) is 0 Å². The first-order valence-corrected chi connectivity index (χ1v) is 8.34. The summed E-state index contributed by atoms with van der Waals surface area (Å²) >= 11 is 0. The van der Waals surface area contributed by atoms with Crippen molar-refractivity contribution in [3.63, 3.8) is 0 Å². The molecule has 0 bridgehead atoms. The molecule has 21 heavy (non-hydrogen) atoms. The van der Waals surface area contributed by atoms with Crippen LogP contribution in [0.25, 0.3) is 0 Å². The molecular formula is C18H26N2O. The van der Waals surface area contributed by atoms with Crippen LogP contribution in [0.4, 0.5) is 0 Å². The largest absolute Gasteiger partial charge is 0.339 e. The Balaban J connectivity index is 1.56. The van der Waals surface area contributed by atoms with Crippen molar-refractivity contribution >= 4 is 5.91 Å². The minimum Gasteiger partial charge on any atom is -0.339 e. The third kappa shape index (κ3) is 3.46. The number of hydrogen-bond donors (Lipinski definition) is 1. The fourth-order valence-corrected chi connectivity index (χ4v) is 3.88. The van der Waals surface area contributed by atoms with Crippen LogP contribution in [0.5, 0.6) is 0 Å². The van der Waals surface area contributed by atoms with E-state index in [9.17, 15) is 4.79 Å². The van der Waals surface area contributed by atoms with E-state index in [0.29, 0.717) is 11.9 Å². The van der Waals surface area contributed by atoms with Gasteiger partial charge in [-0.05, 0) is 50.5 Å². The maximum absolute atomic E-state index is 12.7.